The summed E-state index contributed by atoms with van der Waals surface area (Å²) in [6, 6.07) is 12.1. The molecular formula is C17H19NO5. The second kappa shape index (κ2) is 7.93. The molecule has 2 aromatic rings. The van der Waals surface area contributed by atoms with E-state index in [4.69, 9.17) is 24.7 Å². The normalized spacial score (nSPS) is 10.0. The molecule has 122 valence electrons. The first kappa shape index (κ1) is 16.5. The molecule has 6 nitrogen and oxygen atoms in total. The molecule has 0 aliphatic rings. The number of benzene rings is 2. The highest BCUT2D eigenvalue weighted by molar-refractivity contribution is 5.95. The molecule has 2 N–H and O–H groups in total. The third kappa shape index (κ3) is 4.54. The van der Waals surface area contributed by atoms with Gasteiger partial charge in [0.2, 0.25) is 0 Å². The molecule has 0 atom stereocenters. The Kier molecular flexibility index (Phi) is 5.68. The summed E-state index contributed by atoms with van der Waals surface area (Å²) in [5.74, 6) is 1.86. The molecule has 0 saturated heterocycles. The fourth-order valence-corrected chi connectivity index (χ4v) is 1.94. The number of hydrogen-bond donors (Lipinski definition) is 1. The molecule has 0 fully saturated rings. The molecule has 23 heavy (non-hydrogen) atoms. The predicted molar refractivity (Wildman–Crippen MR) is 85.5 cm³/mol. The Morgan fingerprint density at radius 3 is 2.04 bits per heavy atom. The van der Waals surface area contributed by atoms with Crippen molar-refractivity contribution in [3.63, 3.8) is 0 Å². The Hall–Kier alpha value is -2.89. The van der Waals surface area contributed by atoms with Crippen LogP contribution in [-0.2, 0) is 0 Å². The zero-order valence-corrected chi connectivity index (χ0v) is 13.1. The van der Waals surface area contributed by atoms with E-state index in [0.717, 1.165) is 5.75 Å². The van der Waals surface area contributed by atoms with E-state index in [1.54, 1.807) is 37.4 Å². The first-order valence-corrected chi connectivity index (χ1v) is 7.01. The van der Waals surface area contributed by atoms with Crippen molar-refractivity contribution in [1.29, 1.82) is 0 Å². The summed E-state index contributed by atoms with van der Waals surface area (Å²) >= 11 is 0. The molecule has 2 aromatic carbocycles. The minimum atomic E-state index is -0.557. The van der Waals surface area contributed by atoms with Gasteiger partial charge in [-0.3, -0.25) is 4.79 Å². The van der Waals surface area contributed by atoms with Gasteiger partial charge in [-0.2, -0.15) is 0 Å². The van der Waals surface area contributed by atoms with Crippen molar-refractivity contribution in [3.8, 4) is 23.0 Å². The maximum absolute atomic E-state index is 11.4. The first-order chi connectivity index (χ1) is 11.1. The smallest absolute Gasteiger partial charge is 0.252 e. The maximum Gasteiger partial charge on any atom is 0.252 e. The second-order valence-corrected chi connectivity index (χ2v) is 4.60. The van der Waals surface area contributed by atoms with Crippen molar-refractivity contribution in [3.05, 3.63) is 48.0 Å². The highest BCUT2D eigenvalue weighted by atomic mass is 16.5. The second-order valence-electron chi connectivity index (χ2n) is 4.60. The fraction of sp³-hybridized carbons (Fsp3) is 0.235. The molecule has 1 amide bonds. The zero-order valence-electron chi connectivity index (χ0n) is 13.1. The van der Waals surface area contributed by atoms with E-state index in [9.17, 15) is 4.79 Å². The predicted octanol–water partition coefficient (Wildman–Crippen LogP) is 2.26. The summed E-state index contributed by atoms with van der Waals surface area (Å²) in [7, 11) is 3.14. The van der Waals surface area contributed by atoms with Gasteiger partial charge in [0.25, 0.3) is 5.91 Å². The zero-order chi connectivity index (χ0) is 16.7. The van der Waals surface area contributed by atoms with E-state index in [0.29, 0.717) is 29.4 Å². The topological polar surface area (TPSA) is 80.0 Å². The van der Waals surface area contributed by atoms with E-state index < -0.39 is 5.91 Å². The average Bonchev–Trinajstić information content (AvgIpc) is 2.58. The molecule has 6 heteroatoms. The Morgan fingerprint density at radius 2 is 1.43 bits per heavy atom. The quantitative estimate of drug-likeness (QED) is 0.755. The van der Waals surface area contributed by atoms with E-state index in [1.165, 1.54) is 7.11 Å². The minimum Gasteiger partial charge on any atom is -0.497 e. The molecule has 0 saturated carbocycles. The first-order valence-electron chi connectivity index (χ1n) is 7.01. The Morgan fingerprint density at radius 1 is 0.870 bits per heavy atom. The number of primary amides is 1. The number of hydrogen-bond acceptors (Lipinski definition) is 5. The van der Waals surface area contributed by atoms with Gasteiger partial charge in [-0.1, -0.05) is 0 Å². The van der Waals surface area contributed by atoms with Gasteiger partial charge in [0.15, 0.2) is 0 Å². The lowest BCUT2D eigenvalue weighted by atomic mass is 10.2. The monoisotopic (exact) mass is 317 g/mol. The molecule has 0 spiro atoms. The van der Waals surface area contributed by atoms with Crippen LogP contribution in [0.1, 0.15) is 10.4 Å². The standard InChI is InChI=1S/C17H19NO5/c1-20-12-3-5-13(6-4-12)22-9-10-23-16-11-14(21-2)7-8-15(16)17(18)19/h3-8,11H,9-10H2,1-2H3,(H2,18,19). The molecule has 0 unspecified atom stereocenters. The summed E-state index contributed by atoms with van der Waals surface area (Å²) in [5, 5.41) is 0. The number of rotatable bonds is 8. The van der Waals surface area contributed by atoms with Gasteiger partial charge in [0.05, 0.1) is 19.8 Å². The molecule has 0 bridgehead atoms. The van der Waals surface area contributed by atoms with Crippen LogP contribution in [0.2, 0.25) is 0 Å². The third-order valence-corrected chi connectivity index (χ3v) is 3.12. The molecule has 0 aliphatic carbocycles. The number of carbonyl (C=O) groups excluding carboxylic acids is 1. The van der Waals surface area contributed by atoms with Crippen LogP contribution in [0.15, 0.2) is 42.5 Å². The molecular weight excluding hydrogens is 298 g/mol. The number of methoxy groups -OCH3 is 2. The van der Waals surface area contributed by atoms with Crippen LogP contribution < -0.4 is 24.7 Å². The van der Waals surface area contributed by atoms with Crippen LogP contribution in [-0.4, -0.2) is 33.3 Å². The van der Waals surface area contributed by atoms with Gasteiger partial charge in [0, 0.05) is 6.07 Å². The molecule has 0 aromatic heterocycles. The van der Waals surface area contributed by atoms with Crippen molar-refractivity contribution in [2.45, 2.75) is 0 Å². The molecule has 0 radical (unpaired) electrons. The van der Waals surface area contributed by atoms with Crippen molar-refractivity contribution in [2.75, 3.05) is 27.4 Å². The van der Waals surface area contributed by atoms with Crippen LogP contribution in [0.4, 0.5) is 0 Å². The third-order valence-electron chi connectivity index (χ3n) is 3.12. The van der Waals surface area contributed by atoms with Crippen LogP contribution >= 0.6 is 0 Å². The van der Waals surface area contributed by atoms with Crippen molar-refractivity contribution in [1.82, 2.24) is 0 Å². The SMILES string of the molecule is COc1ccc(OCCOc2cc(OC)ccc2C(N)=O)cc1. The highest BCUT2D eigenvalue weighted by Gasteiger charge is 2.10. The van der Waals surface area contributed by atoms with Gasteiger partial charge in [-0.15, -0.1) is 0 Å². The number of nitrogens with two attached hydrogens (primary N) is 1. The van der Waals surface area contributed by atoms with Gasteiger partial charge in [-0.25, -0.2) is 0 Å². The van der Waals surface area contributed by atoms with Crippen molar-refractivity contribution in [2.24, 2.45) is 5.73 Å². The summed E-state index contributed by atoms with van der Waals surface area (Å²) in [6.45, 7) is 0.585. The number of amides is 1. The van der Waals surface area contributed by atoms with Crippen molar-refractivity contribution < 1.29 is 23.7 Å². The van der Waals surface area contributed by atoms with Gasteiger partial charge >= 0.3 is 0 Å². The summed E-state index contributed by atoms with van der Waals surface area (Å²) < 4.78 is 21.3. The molecule has 0 heterocycles. The van der Waals surface area contributed by atoms with E-state index in [-0.39, 0.29) is 6.61 Å². The Labute approximate surface area is 134 Å². The van der Waals surface area contributed by atoms with Crippen LogP contribution in [0.3, 0.4) is 0 Å². The van der Waals surface area contributed by atoms with Crippen LogP contribution in [0.25, 0.3) is 0 Å². The molecule has 2 rings (SSSR count). The van der Waals surface area contributed by atoms with Crippen molar-refractivity contribution >= 4 is 5.91 Å². The van der Waals surface area contributed by atoms with Crippen LogP contribution in [0.5, 0.6) is 23.0 Å². The average molecular weight is 317 g/mol. The van der Waals surface area contributed by atoms with Gasteiger partial charge < -0.3 is 24.7 Å². The number of ether oxygens (including phenoxy) is 4. The van der Waals surface area contributed by atoms with Gasteiger partial charge in [-0.05, 0) is 36.4 Å². The van der Waals surface area contributed by atoms with E-state index in [2.05, 4.69) is 0 Å². The Bertz CT molecular complexity index is 655. The summed E-state index contributed by atoms with van der Waals surface area (Å²) in [5.41, 5.74) is 5.63. The maximum atomic E-state index is 11.4. The lowest BCUT2D eigenvalue weighted by Crippen LogP contribution is -2.15. The summed E-state index contributed by atoms with van der Waals surface area (Å²) in [4.78, 5) is 11.4. The van der Waals surface area contributed by atoms with Crippen LogP contribution in [0, 0.1) is 0 Å². The lowest BCUT2D eigenvalue weighted by molar-refractivity contribution is 0.0995. The largest absolute Gasteiger partial charge is 0.497 e. The van der Waals surface area contributed by atoms with E-state index in [1.807, 2.05) is 12.1 Å². The Balaban J connectivity index is 1.91. The molecule has 0 aliphatic heterocycles. The summed E-state index contributed by atoms with van der Waals surface area (Å²) in [6.07, 6.45) is 0. The lowest BCUT2D eigenvalue weighted by Gasteiger charge is -2.12. The highest BCUT2D eigenvalue weighted by Crippen LogP contribution is 2.24. The number of carbonyl (C=O) groups is 1. The minimum absolute atomic E-state index is 0.263. The van der Waals surface area contributed by atoms with E-state index >= 15 is 0 Å². The fourth-order valence-electron chi connectivity index (χ4n) is 1.94. The van der Waals surface area contributed by atoms with Gasteiger partial charge in [0.1, 0.15) is 36.2 Å².